The van der Waals surface area contributed by atoms with Gasteiger partial charge in [-0.05, 0) is 29.3 Å². The van der Waals surface area contributed by atoms with Gasteiger partial charge in [0.15, 0.2) is 3.92 Å². The van der Waals surface area contributed by atoms with Crippen molar-refractivity contribution in [2.45, 2.75) is 31.8 Å². The molecule has 0 saturated carbocycles. The van der Waals surface area contributed by atoms with Gasteiger partial charge in [-0.15, -0.1) is 11.3 Å². The largest absolute Gasteiger partial charge is 0.465 e. The molecule has 0 unspecified atom stereocenters. The molecule has 10 heteroatoms. The van der Waals surface area contributed by atoms with Crippen LogP contribution in [0, 0.1) is 0 Å². The third-order valence-corrected chi connectivity index (χ3v) is 6.28. The topological polar surface area (TPSA) is 99.6 Å². The second kappa shape index (κ2) is 6.59. The van der Waals surface area contributed by atoms with Crippen molar-refractivity contribution < 1.29 is 18.3 Å². The van der Waals surface area contributed by atoms with E-state index in [-0.39, 0.29) is 5.75 Å². The maximum Gasteiger partial charge on any atom is 0.407 e. The molecule has 0 bridgehead atoms. The lowest BCUT2D eigenvalue weighted by Gasteiger charge is -2.25. The number of sulfonamides is 1. The van der Waals surface area contributed by atoms with Crippen LogP contribution in [-0.2, 0) is 16.4 Å². The molecule has 0 spiro atoms. The molecule has 1 fully saturated rings. The Morgan fingerprint density at radius 3 is 2.90 bits per heavy atom. The number of hydrogen-bond acceptors (Lipinski definition) is 5. The predicted octanol–water partition coefficient (Wildman–Crippen LogP) is 1.51. The number of hydrogen-bond donors (Lipinski definition) is 2. The van der Waals surface area contributed by atoms with Crippen molar-refractivity contribution in [1.29, 1.82) is 0 Å². The number of rotatable bonds is 5. The normalized spacial score (nSPS) is 22.7. The van der Waals surface area contributed by atoms with Gasteiger partial charge >= 0.3 is 6.09 Å². The first-order chi connectivity index (χ1) is 9.82. The molecule has 0 radical (unpaired) electrons. The van der Waals surface area contributed by atoms with E-state index in [0.29, 0.717) is 19.4 Å². The van der Waals surface area contributed by atoms with Crippen LogP contribution in [0.25, 0.3) is 0 Å². The molecular weight excluding hydrogens is 382 g/mol. The molecule has 1 aromatic rings. The number of aromatic nitrogens is 1. The number of halogens is 1. The van der Waals surface area contributed by atoms with Crippen LogP contribution in [0.4, 0.5) is 4.79 Å². The summed E-state index contributed by atoms with van der Waals surface area (Å²) in [6, 6.07) is -0.843. The van der Waals surface area contributed by atoms with E-state index in [9.17, 15) is 18.3 Å². The molecule has 2 N–H and O–H groups in total. The van der Waals surface area contributed by atoms with Gasteiger partial charge in [0, 0.05) is 24.4 Å². The standard InChI is InChI=1S/C11H16BrN3O4S2/c1-2-21(18,19)14-8-3-4-15(11(16)17)9(8)5-7-6-20-10(12)13-7/h6,8-9,14H,2-5H2,1H3,(H,16,17)/t8-,9-/m1/s1. The van der Waals surface area contributed by atoms with Crippen molar-refractivity contribution in [3.63, 3.8) is 0 Å². The average molecular weight is 398 g/mol. The smallest absolute Gasteiger partial charge is 0.407 e. The minimum atomic E-state index is -3.37. The fraction of sp³-hybridized carbons (Fsp3) is 0.636. The molecule has 1 aliphatic heterocycles. The van der Waals surface area contributed by atoms with E-state index in [4.69, 9.17) is 0 Å². The monoisotopic (exact) mass is 397 g/mol. The first kappa shape index (κ1) is 16.7. The highest BCUT2D eigenvalue weighted by Gasteiger charge is 2.39. The Hall–Kier alpha value is -0.710. The van der Waals surface area contributed by atoms with Gasteiger partial charge in [-0.3, -0.25) is 0 Å². The average Bonchev–Trinajstić information content (AvgIpc) is 2.97. The number of nitrogens with zero attached hydrogens (tertiary/aromatic N) is 2. The van der Waals surface area contributed by atoms with E-state index in [2.05, 4.69) is 25.6 Å². The highest BCUT2D eigenvalue weighted by Crippen LogP contribution is 2.24. The van der Waals surface area contributed by atoms with Crippen LogP contribution < -0.4 is 4.72 Å². The van der Waals surface area contributed by atoms with E-state index in [0.717, 1.165) is 9.61 Å². The number of carbonyl (C=O) groups is 1. The Labute approximate surface area is 135 Å². The van der Waals surface area contributed by atoms with Crippen molar-refractivity contribution in [1.82, 2.24) is 14.6 Å². The number of thiazole rings is 1. The summed E-state index contributed by atoms with van der Waals surface area (Å²) >= 11 is 4.68. The van der Waals surface area contributed by atoms with Crippen LogP contribution in [0.5, 0.6) is 0 Å². The predicted molar refractivity (Wildman–Crippen MR) is 83.0 cm³/mol. The van der Waals surface area contributed by atoms with Crippen LogP contribution in [0.1, 0.15) is 19.0 Å². The summed E-state index contributed by atoms with van der Waals surface area (Å²) in [7, 11) is -3.37. The van der Waals surface area contributed by atoms with Crippen molar-refractivity contribution in [2.24, 2.45) is 0 Å². The number of nitrogens with one attached hydrogen (secondary N) is 1. The van der Waals surface area contributed by atoms with E-state index >= 15 is 0 Å². The number of amides is 1. The van der Waals surface area contributed by atoms with Crippen molar-refractivity contribution in [2.75, 3.05) is 12.3 Å². The fourth-order valence-electron chi connectivity index (χ4n) is 2.39. The fourth-order valence-corrected chi connectivity index (χ4v) is 4.35. The van der Waals surface area contributed by atoms with Gasteiger partial charge in [-0.1, -0.05) is 0 Å². The molecule has 1 aliphatic rings. The minimum absolute atomic E-state index is 0.0223. The molecule has 0 aromatic carbocycles. The first-order valence-electron chi connectivity index (χ1n) is 6.42. The second-order valence-electron chi connectivity index (χ2n) is 4.76. The van der Waals surface area contributed by atoms with Crippen LogP contribution in [0.2, 0.25) is 0 Å². The zero-order chi connectivity index (χ0) is 15.6. The lowest BCUT2D eigenvalue weighted by molar-refractivity contribution is 0.137. The molecule has 2 heterocycles. The lowest BCUT2D eigenvalue weighted by atomic mass is 10.1. The maximum atomic E-state index is 11.7. The van der Waals surface area contributed by atoms with Gasteiger partial charge in [-0.25, -0.2) is 22.9 Å². The maximum absolute atomic E-state index is 11.7. The van der Waals surface area contributed by atoms with Crippen LogP contribution in [0.15, 0.2) is 9.30 Å². The van der Waals surface area contributed by atoms with Gasteiger partial charge < -0.3 is 10.0 Å². The zero-order valence-corrected chi connectivity index (χ0v) is 14.5. The highest BCUT2D eigenvalue weighted by molar-refractivity contribution is 9.11. The molecule has 118 valence electrons. The Kier molecular flexibility index (Phi) is 5.23. The van der Waals surface area contributed by atoms with E-state index in [1.54, 1.807) is 6.92 Å². The summed E-state index contributed by atoms with van der Waals surface area (Å²) < 4.78 is 26.8. The Balaban J connectivity index is 2.18. The van der Waals surface area contributed by atoms with Crippen LogP contribution >= 0.6 is 27.3 Å². The zero-order valence-electron chi connectivity index (χ0n) is 11.3. The quantitative estimate of drug-likeness (QED) is 0.783. The van der Waals surface area contributed by atoms with Crippen LogP contribution in [0.3, 0.4) is 0 Å². The van der Waals surface area contributed by atoms with Gasteiger partial charge in [0.05, 0.1) is 17.5 Å². The molecule has 7 nitrogen and oxygen atoms in total. The summed E-state index contributed by atoms with van der Waals surface area (Å²) in [5.74, 6) is -0.0223. The molecule has 2 atom stereocenters. The third kappa shape index (κ3) is 4.15. The molecular formula is C11H16BrN3O4S2. The van der Waals surface area contributed by atoms with E-state index in [1.807, 2.05) is 5.38 Å². The molecule has 1 saturated heterocycles. The Bertz CT molecular complexity index is 619. The van der Waals surface area contributed by atoms with E-state index in [1.165, 1.54) is 16.2 Å². The van der Waals surface area contributed by atoms with Gasteiger partial charge in [0.2, 0.25) is 10.0 Å². The molecule has 0 aliphatic carbocycles. The molecule has 21 heavy (non-hydrogen) atoms. The molecule has 1 aromatic heterocycles. The third-order valence-electron chi connectivity index (χ3n) is 3.44. The van der Waals surface area contributed by atoms with Crippen molar-refractivity contribution in [3.05, 3.63) is 15.0 Å². The minimum Gasteiger partial charge on any atom is -0.465 e. The Morgan fingerprint density at radius 1 is 1.67 bits per heavy atom. The van der Waals surface area contributed by atoms with E-state index < -0.39 is 28.2 Å². The van der Waals surface area contributed by atoms with Gasteiger partial charge in [0.25, 0.3) is 0 Å². The lowest BCUT2D eigenvalue weighted by Crippen LogP contribution is -2.47. The highest BCUT2D eigenvalue weighted by atomic mass is 79.9. The number of carboxylic acid groups (broad SMARTS) is 1. The van der Waals surface area contributed by atoms with Crippen LogP contribution in [-0.4, -0.2) is 53.9 Å². The molecule has 1 amide bonds. The Morgan fingerprint density at radius 2 is 2.38 bits per heavy atom. The summed E-state index contributed by atoms with van der Waals surface area (Å²) in [5.41, 5.74) is 0.755. The van der Waals surface area contributed by atoms with Gasteiger partial charge in [-0.2, -0.15) is 0 Å². The molecule has 2 rings (SSSR count). The summed E-state index contributed by atoms with van der Waals surface area (Å²) in [6.07, 6.45) is -0.167. The SMILES string of the molecule is CCS(=O)(=O)N[C@@H]1CCN(C(=O)O)[C@@H]1Cc1csc(Br)n1. The summed E-state index contributed by atoms with van der Waals surface area (Å²) in [4.78, 5) is 16.9. The van der Waals surface area contributed by atoms with Gasteiger partial charge in [0.1, 0.15) is 0 Å². The first-order valence-corrected chi connectivity index (χ1v) is 9.74. The second-order valence-corrected chi connectivity index (χ2v) is 8.93. The van der Waals surface area contributed by atoms with Crippen molar-refractivity contribution in [3.8, 4) is 0 Å². The summed E-state index contributed by atoms with van der Waals surface area (Å²) in [6.45, 7) is 1.88. The summed E-state index contributed by atoms with van der Waals surface area (Å²) in [5, 5.41) is 11.1. The van der Waals surface area contributed by atoms with Crippen molar-refractivity contribution >= 4 is 43.4 Å². The number of likely N-dealkylation sites (tertiary alicyclic amines) is 1.